The molecule has 0 fully saturated rings. The van der Waals surface area contributed by atoms with Gasteiger partial charge < -0.3 is 5.32 Å². The predicted molar refractivity (Wildman–Crippen MR) is 65.6 cm³/mol. The van der Waals surface area contributed by atoms with E-state index in [9.17, 15) is 0 Å². The zero-order chi connectivity index (χ0) is 10.1. The Morgan fingerprint density at radius 1 is 1.20 bits per heavy atom. The van der Waals surface area contributed by atoms with Crippen LogP contribution >= 0.6 is 11.3 Å². The van der Waals surface area contributed by atoms with Crippen molar-refractivity contribution in [1.29, 1.82) is 0 Å². The molecule has 1 aliphatic heterocycles. The van der Waals surface area contributed by atoms with Gasteiger partial charge in [-0.1, -0.05) is 23.9 Å². The molecule has 0 radical (unpaired) electrons. The topological polar surface area (TPSA) is 12.0 Å². The smallest absolute Gasteiger partial charge is 0.0989 e. The Balaban J connectivity index is 2.16. The largest absolute Gasteiger partial charge is 0.354 e. The van der Waals surface area contributed by atoms with E-state index in [1.165, 1.54) is 15.0 Å². The molecule has 1 aromatic carbocycles. The standard InChI is InChI=1S/C13H9NS/c1-2-7-12-10(5-1)9-13(15-12)11-6-3-4-8-14-11/h1-5,7-9,14H. The third kappa shape index (κ3) is 1.50. The zero-order valence-corrected chi connectivity index (χ0v) is 8.84. The average molecular weight is 211 g/mol. The molecule has 2 aromatic rings. The summed E-state index contributed by atoms with van der Waals surface area (Å²) < 4.78 is 1.32. The van der Waals surface area contributed by atoms with E-state index in [2.05, 4.69) is 41.4 Å². The normalized spacial score (nSPS) is 14.0. The third-order valence-corrected chi connectivity index (χ3v) is 3.45. The van der Waals surface area contributed by atoms with Gasteiger partial charge in [-0.25, -0.2) is 0 Å². The maximum absolute atomic E-state index is 3.20. The number of nitrogens with one attached hydrogen (secondary N) is 1. The molecule has 2 heteroatoms. The molecule has 1 N–H and O–H groups in total. The summed E-state index contributed by atoms with van der Waals surface area (Å²) in [4.78, 5) is 1.23. The van der Waals surface area contributed by atoms with E-state index in [1.54, 1.807) is 11.3 Å². The maximum atomic E-state index is 3.20. The fourth-order valence-electron chi connectivity index (χ4n) is 1.60. The summed E-state index contributed by atoms with van der Waals surface area (Å²) in [5.74, 6) is 0. The first-order valence-electron chi connectivity index (χ1n) is 4.81. The van der Waals surface area contributed by atoms with Gasteiger partial charge >= 0.3 is 0 Å². The molecule has 3 rings (SSSR count). The second kappa shape index (κ2) is 3.43. The molecule has 0 unspecified atom stereocenters. The summed E-state index contributed by atoms with van der Waals surface area (Å²) in [7, 11) is 0. The van der Waals surface area contributed by atoms with Crippen LogP contribution in [0.2, 0.25) is 0 Å². The molecule has 0 aliphatic carbocycles. The molecule has 0 saturated heterocycles. The van der Waals surface area contributed by atoms with E-state index in [4.69, 9.17) is 0 Å². The van der Waals surface area contributed by atoms with E-state index in [0.717, 1.165) is 5.70 Å². The Kier molecular flexibility index (Phi) is 1.95. The lowest BCUT2D eigenvalue weighted by Crippen LogP contribution is -2.02. The third-order valence-electron chi connectivity index (χ3n) is 2.32. The van der Waals surface area contributed by atoms with Gasteiger partial charge in [0.1, 0.15) is 0 Å². The highest BCUT2D eigenvalue weighted by Crippen LogP contribution is 2.29. The zero-order valence-electron chi connectivity index (χ0n) is 8.03. The second-order valence-electron chi connectivity index (χ2n) is 3.34. The molecule has 0 bridgehead atoms. The van der Waals surface area contributed by atoms with Crippen molar-refractivity contribution in [2.75, 3.05) is 0 Å². The van der Waals surface area contributed by atoms with E-state index in [-0.39, 0.29) is 0 Å². The van der Waals surface area contributed by atoms with Crippen molar-refractivity contribution in [2.24, 2.45) is 0 Å². The van der Waals surface area contributed by atoms with Gasteiger partial charge in [-0.05, 0) is 29.7 Å². The van der Waals surface area contributed by atoms with Crippen LogP contribution in [0.25, 0.3) is 15.8 Å². The molecule has 0 amide bonds. The molecule has 0 spiro atoms. The highest BCUT2D eigenvalue weighted by Gasteiger charge is 2.05. The van der Waals surface area contributed by atoms with Crippen molar-refractivity contribution < 1.29 is 0 Å². The Bertz CT molecular complexity index is 565. The van der Waals surface area contributed by atoms with Gasteiger partial charge in [0, 0.05) is 10.9 Å². The van der Waals surface area contributed by atoms with Gasteiger partial charge in [0.15, 0.2) is 0 Å². The maximum Gasteiger partial charge on any atom is 0.0989 e. The minimum absolute atomic E-state index is 1.05. The van der Waals surface area contributed by atoms with Crippen LogP contribution < -0.4 is 5.32 Å². The van der Waals surface area contributed by atoms with Crippen LogP contribution in [0, 0.1) is 0 Å². The van der Waals surface area contributed by atoms with E-state index >= 15 is 0 Å². The minimum atomic E-state index is 1.05. The molecule has 72 valence electrons. The summed E-state index contributed by atoms with van der Waals surface area (Å²) in [5.41, 5.74) is 4.25. The number of allylic oxidation sites excluding steroid dienone is 2. The van der Waals surface area contributed by atoms with Gasteiger partial charge in [-0.2, -0.15) is 0 Å². The first kappa shape index (κ1) is 8.54. The minimum Gasteiger partial charge on any atom is -0.354 e. The molecule has 0 saturated carbocycles. The van der Waals surface area contributed by atoms with Gasteiger partial charge in [0.05, 0.1) is 10.6 Å². The fraction of sp³-hybridized carbons (Fsp3) is 0. The molecule has 1 aromatic heterocycles. The van der Waals surface area contributed by atoms with Gasteiger partial charge in [-0.15, -0.1) is 11.3 Å². The van der Waals surface area contributed by atoms with Crippen LogP contribution in [0.15, 0.2) is 54.4 Å². The lowest BCUT2D eigenvalue weighted by molar-refractivity contribution is 1.22. The van der Waals surface area contributed by atoms with Crippen molar-refractivity contribution in [3.63, 3.8) is 0 Å². The van der Waals surface area contributed by atoms with Gasteiger partial charge in [-0.3, -0.25) is 0 Å². The van der Waals surface area contributed by atoms with Crippen LogP contribution in [0.3, 0.4) is 0 Å². The van der Waals surface area contributed by atoms with Crippen LogP contribution in [-0.2, 0) is 0 Å². The SMILES string of the molecule is C1=CC=CNC=1c1cc2ccccc2s1. The number of rotatable bonds is 1. The van der Waals surface area contributed by atoms with E-state index in [1.807, 2.05) is 18.4 Å². The van der Waals surface area contributed by atoms with Crippen molar-refractivity contribution in [3.05, 3.63) is 59.3 Å². The number of hydrogen-bond acceptors (Lipinski definition) is 2. The highest BCUT2D eigenvalue weighted by atomic mass is 32.1. The van der Waals surface area contributed by atoms with Crippen LogP contribution in [0.5, 0.6) is 0 Å². The summed E-state index contributed by atoms with van der Waals surface area (Å²) in [6.07, 6.45) is 5.79. The number of thiophene rings is 1. The van der Waals surface area contributed by atoms with Crippen LogP contribution in [-0.4, -0.2) is 0 Å². The Hall–Kier alpha value is -1.76. The van der Waals surface area contributed by atoms with E-state index < -0.39 is 0 Å². The van der Waals surface area contributed by atoms with Crippen molar-refractivity contribution in [1.82, 2.24) is 5.32 Å². The summed E-state index contributed by atoms with van der Waals surface area (Å²) in [6.45, 7) is 0. The molecular weight excluding hydrogens is 202 g/mol. The average Bonchev–Trinajstić information content (AvgIpc) is 2.74. The summed E-state index contributed by atoms with van der Waals surface area (Å²) in [6, 6.07) is 10.6. The molecule has 15 heavy (non-hydrogen) atoms. The van der Waals surface area contributed by atoms with Crippen LogP contribution in [0.4, 0.5) is 0 Å². The fourth-order valence-corrected chi connectivity index (χ4v) is 2.63. The first-order chi connectivity index (χ1) is 7.43. The molecule has 1 aliphatic rings. The molecule has 1 nitrogen and oxygen atoms in total. The molecule has 0 atom stereocenters. The Morgan fingerprint density at radius 2 is 2.13 bits per heavy atom. The molecular formula is C13H9NS. The summed E-state index contributed by atoms with van der Waals surface area (Å²) in [5, 5.41) is 4.50. The Morgan fingerprint density at radius 3 is 2.93 bits per heavy atom. The summed E-state index contributed by atoms with van der Waals surface area (Å²) >= 11 is 1.79. The Labute approximate surface area is 92.1 Å². The van der Waals surface area contributed by atoms with Crippen molar-refractivity contribution in [2.45, 2.75) is 0 Å². The quantitative estimate of drug-likeness (QED) is 0.712. The highest BCUT2D eigenvalue weighted by molar-refractivity contribution is 7.20. The van der Waals surface area contributed by atoms with Gasteiger partial charge in [0.25, 0.3) is 0 Å². The first-order valence-corrected chi connectivity index (χ1v) is 5.62. The van der Waals surface area contributed by atoms with Gasteiger partial charge in [0.2, 0.25) is 0 Å². The lowest BCUT2D eigenvalue weighted by Gasteiger charge is -2.02. The number of benzene rings is 1. The molecule has 2 heterocycles. The number of fused-ring (bicyclic) bond motifs is 1. The van der Waals surface area contributed by atoms with Crippen molar-refractivity contribution in [3.8, 4) is 0 Å². The number of hydrogen-bond donors (Lipinski definition) is 1. The lowest BCUT2D eigenvalue weighted by atomic mass is 10.2. The van der Waals surface area contributed by atoms with Crippen molar-refractivity contribution >= 4 is 27.1 Å². The second-order valence-corrected chi connectivity index (χ2v) is 4.42. The predicted octanol–water partition coefficient (Wildman–Crippen LogP) is 3.51. The van der Waals surface area contributed by atoms with E-state index in [0.29, 0.717) is 0 Å². The van der Waals surface area contributed by atoms with Crippen LogP contribution in [0.1, 0.15) is 4.88 Å². The monoisotopic (exact) mass is 211 g/mol.